The van der Waals surface area contributed by atoms with Gasteiger partial charge in [-0.1, -0.05) is 19.1 Å². The number of carbonyl (C=O) groups is 1. The Morgan fingerprint density at radius 2 is 2.00 bits per heavy atom. The van der Waals surface area contributed by atoms with Gasteiger partial charge in [-0.3, -0.25) is 9.79 Å². The average Bonchev–Trinajstić information content (AvgIpc) is 2.65. The lowest BCUT2D eigenvalue weighted by Gasteiger charge is -2.28. The van der Waals surface area contributed by atoms with Crippen LogP contribution in [0.15, 0.2) is 29.3 Å². The number of nitrogens with zero attached hydrogens (tertiary/aromatic N) is 2. The molecule has 1 saturated carbocycles. The van der Waals surface area contributed by atoms with Gasteiger partial charge in [0.05, 0.1) is 0 Å². The Labute approximate surface area is 157 Å². The highest BCUT2D eigenvalue weighted by Gasteiger charge is 2.18. The summed E-state index contributed by atoms with van der Waals surface area (Å²) in [5.41, 5.74) is 1.08. The molecular formula is C20H32N4O2. The monoisotopic (exact) mass is 360 g/mol. The minimum Gasteiger partial charge on any atom is -0.484 e. The second kappa shape index (κ2) is 10.0. The van der Waals surface area contributed by atoms with Crippen LogP contribution in [0.1, 0.15) is 38.2 Å². The average molecular weight is 361 g/mol. The lowest BCUT2D eigenvalue weighted by molar-refractivity contribution is -0.130. The number of benzene rings is 1. The van der Waals surface area contributed by atoms with E-state index in [1.165, 1.54) is 30.6 Å². The number of hydrogen-bond donors (Lipinski definition) is 2. The van der Waals surface area contributed by atoms with E-state index in [9.17, 15) is 4.79 Å². The molecule has 1 aromatic carbocycles. The van der Waals surface area contributed by atoms with Crippen LogP contribution in [-0.2, 0) is 11.3 Å². The highest BCUT2D eigenvalue weighted by molar-refractivity contribution is 5.80. The predicted molar refractivity (Wildman–Crippen MR) is 105 cm³/mol. The van der Waals surface area contributed by atoms with E-state index in [1.54, 1.807) is 21.1 Å². The smallest absolute Gasteiger partial charge is 0.259 e. The molecule has 0 aliphatic heterocycles. The largest absolute Gasteiger partial charge is 0.484 e. The second-order valence-corrected chi connectivity index (χ2v) is 7.25. The molecule has 1 aromatic rings. The molecule has 0 atom stereocenters. The van der Waals surface area contributed by atoms with Gasteiger partial charge in [0, 0.05) is 33.7 Å². The van der Waals surface area contributed by atoms with Crippen molar-refractivity contribution in [2.45, 2.75) is 45.2 Å². The van der Waals surface area contributed by atoms with Crippen LogP contribution in [0.2, 0.25) is 0 Å². The van der Waals surface area contributed by atoms with Crippen molar-refractivity contribution in [1.82, 2.24) is 15.5 Å². The molecule has 6 heteroatoms. The minimum atomic E-state index is -0.0556. The molecule has 2 N–H and O–H groups in total. The van der Waals surface area contributed by atoms with Crippen LogP contribution < -0.4 is 15.4 Å². The summed E-state index contributed by atoms with van der Waals surface area (Å²) in [6.45, 7) is 3.03. The van der Waals surface area contributed by atoms with E-state index in [-0.39, 0.29) is 12.5 Å². The number of ether oxygens (including phenoxy) is 1. The number of rotatable bonds is 6. The molecule has 0 bridgehead atoms. The molecule has 144 valence electrons. The van der Waals surface area contributed by atoms with E-state index in [1.807, 2.05) is 24.3 Å². The lowest BCUT2D eigenvalue weighted by Crippen LogP contribution is -2.44. The third-order valence-electron chi connectivity index (χ3n) is 4.80. The minimum absolute atomic E-state index is 0.0488. The first-order chi connectivity index (χ1) is 12.5. The summed E-state index contributed by atoms with van der Waals surface area (Å²) in [5.74, 6) is 2.31. The zero-order valence-electron chi connectivity index (χ0n) is 16.4. The number of amides is 1. The maximum Gasteiger partial charge on any atom is 0.259 e. The highest BCUT2D eigenvalue weighted by Crippen LogP contribution is 2.23. The van der Waals surface area contributed by atoms with Gasteiger partial charge in [0.1, 0.15) is 5.75 Å². The van der Waals surface area contributed by atoms with Crippen molar-refractivity contribution in [3.63, 3.8) is 0 Å². The summed E-state index contributed by atoms with van der Waals surface area (Å²) >= 11 is 0. The van der Waals surface area contributed by atoms with Gasteiger partial charge in [0.15, 0.2) is 12.6 Å². The number of hydrogen-bond acceptors (Lipinski definition) is 3. The molecule has 1 fully saturated rings. The first-order valence-corrected chi connectivity index (χ1v) is 9.37. The van der Waals surface area contributed by atoms with Crippen LogP contribution in [-0.4, -0.2) is 50.6 Å². The van der Waals surface area contributed by atoms with Gasteiger partial charge >= 0.3 is 0 Å². The Hall–Kier alpha value is -2.24. The molecule has 0 radical (unpaired) electrons. The van der Waals surface area contributed by atoms with Gasteiger partial charge < -0.3 is 20.3 Å². The number of guanidine groups is 1. The van der Waals surface area contributed by atoms with Gasteiger partial charge in [0.25, 0.3) is 5.91 Å². The van der Waals surface area contributed by atoms with Crippen LogP contribution in [0.4, 0.5) is 0 Å². The normalized spacial score (nSPS) is 20.4. The molecule has 1 aliphatic carbocycles. The highest BCUT2D eigenvalue weighted by atomic mass is 16.5. The summed E-state index contributed by atoms with van der Waals surface area (Å²) in [5, 5.41) is 6.88. The molecule has 0 saturated heterocycles. The van der Waals surface area contributed by atoms with Gasteiger partial charge in [-0.25, -0.2) is 0 Å². The summed E-state index contributed by atoms with van der Waals surface area (Å²) in [4.78, 5) is 17.5. The lowest BCUT2D eigenvalue weighted by atomic mass is 9.87. The Kier molecular flexibility index (Phi) is 7.75. The molecule has 1 amide bonds. The maximum atomic E-state index is 11.6. The quantitative estimate of drug-likeness (QED) is 0.604. The molecular weight excluding hydrogens is 328 g/mol. The third-order valence-corrected chi connectivity index (χ3v) is 4.80. The van der Waals surface area contributed by atoms with Crippen LogP contribution in [0, 0.1) is 5.92 Å². The van der Waals surface area contributed by atoms with E-state index in [0.717, 1.165) is 17.4 Å². The van der Waals surface area contributed by atoms with E-state index in [0.29, 0.717) is 18.3 Å². The molecule has 0 heterocycles. The summed E-state index contributed by atoms with van der Waals surface area (Å²) in [7, 11) is 5.24. The van der Waals surface area contributed by atoms with E-state index in [2.05, 4.69) is 22.5 Å². The van der Waals surface area contributed by atoms with E-state index >= 15 is 0 Å². The van der Waals surface area contributed by atoms with Gasteiger partial charge in [-0.05, 0) is 49.3 Å². The van der Waals surface area contributed by atoms with Crippen molar-refractivity contribution >= 4 is 11.9 Å². The topological polar surface area (TPSA) is 66.0 Å². The van der Waals surface area contributed by atoms with Gasteiger partial charge in [0.2, 0.25) is 0 Å². The zero-order chi connectivity index (χ0) is 18.9. The number of nitrogens with one attached hydrogen (secondary N) is 2. The molecule has 0 aromatic heterocycles. The summed E-state index contributed by atoms with van der Waals surface area (Å²) < 4.78 is 5.57. The van der Waals surface area contributed by atoms with Crippen molar-refractivity contribution in [2.75, 3.05) is 27.7 Å². The predicted octanol–water partition coefficient (Wildman–Crippen LogP) is 2.40. The van der Waals surface area contributed by atoms with Gasteiger partial charge in [-0.2, -0.15) is 0 Å². The first-order valence-electron chi connectivity index (χ1n) is 9.37. The molecule has 0 unspecified atom stereocenters. The van der Waals surface area contributed by atoms with Crippen molar-refractivity contribution in [3.05, 3.63) is 29.8 Å². The zero-order valence-corrected chi connectivity index (χ0v) is 16.4. The van der Waals surface area contributed by atoms with Crippen molar-refractivity contribution in [2.24, 2.45) is 10.9 Å². The molecule has 6 nitrogen and oxygen atoms in total. The Morgan fingerprint density at radius 3 is 2.65 bits per heavy atom. The molecule has 1 aliphatic rings. The van der Waals surface area contributed by atoms with Crippen molar-refractivity contribution < 1.29 is 9.53 Å². The fourth-order valence-corrected chi connectivity index (χ4v) is 3.00. The molecule has 26 heavy (non-hydrogen) atoms. The van der Waals surface area contributed by atoms with Crippen LogP contribution in [0.25, 0.3) is 0 Å². The standard InChI is InChI=1S/C20H32N4O2/c1-15-8-10-17(11-9-15)23-20(21-2)22-13-16-6-5-7-18(12-16)26-14-19(25)24(3)4/h5-7,12,15,17H,8-11,13-14H2,1-4H3,(H2,21,22,23). The fraction of sp³-hybridized carbons (Fsp3) is 0.600. The SMILES string of the molecule is CN=C(NCc1cccc(OCC(=O)N(C)C)c1)NC1CCC(C)CC1. The Bertz CT molecular complexity index is 608. The Morgan fingerprint density at radius 1 is 1.27 bits per heavy atom. The van der Waals surface area contributed by atoms with E-state index in [4.69, 9.17) is 4.74 Å². The Balaban J connectivity index is 1.82. The molecule has 0 spiro atoms. The molecule has 2 rings (SSSR count). The van der Waals surface area contributed by atoms with E-state index < -0.39 is 0 Å². The number of likely N-dealkylation sites (N-methyl/N-ethyl adjacent to an activating group) is 1. The second-order valence-electron chi connectivity index (χ2n) is 7.25. The number of aliphatic imine (C=N–C) groups is 1. The first kappa shape index (κ1) is 20.1. The van der Waals surface area contributed by atoms with Crippen LogP contribution in [0.5, 0.6) is 5.75 Å². The van der Waals surface area contributed by atoms with Crippen molar-refractivity contribution in [3.8, 4) is 5.75 Å². The number of carbonyl (C=O) groups excluding carboxylic acids is 1. The van der Waals surface area contributed by atoms with Crippen LogP contribution >= 0.6 is 0 Å². The van der Waals surface area contributed by atoms with Gasteiger partial charge in [-0.15, -0.1) is 0 Å². The van der Waals surface area contributed by atoms with Crippen molar-refractivity contribution in [1.29, 1.82) is 0 Å². The maximum absolute atomic E-state index is 11.6. The fourth-order valence-electron chi connectivity index (χ4n) is 3.00. The summed E-state index contributed by atoms with van der Waals surface area (Å²) in [6.07, 6.45) is 4.95. The third kappa shape index (κ3) is 6.58. The van der Waals surface area contributed by atoms with Crippen LogP contribution in [0.3, 0.4) is 0 Å². The summed E-state index contributed by atoms with van der Waals surface area (Å²) in [6, 6.07) is 8.28.